The zero-order chi connectivity index (χ0) is 13.1. The highest BCUT2D eigenvalue weighted by atomic mass is 16.3. The summed E-state index contributed by atoms with van der Waals surface area (Å²) in [6.45, 7) is 4.70. The summed E-state index contributed by atoms with van der Waals surface area (Å²) in [4.78, 5) is 11.7. The van der Waals surface area contributed by atoms with E-state index in [1.54, 1.807) is 7.05 Å². The molecule has 1 heterocycles. The first-order chi connectivity index (χ1) is 8.60. The van der Waals surface area contributed by atoms with E-state index in [0.29, 0.717) is 18.2 Å². The van der Waals surface area contributed by atoms with E-state index in [1.807, 2.05) is 12.1 Å². The third kappa shape index (κ3) is 2.79. The van der Waals surface area contributed by atoms with Crippen molar-refractivity contribution in [2.75, 3.05) is 13.6 Å². The van der Waals surface area contributed by atoms with Crippen LogP contribution in [0.25, 0.3) is 11.0 Å². The van der Waals surface area contributed by atoms with Crippen LogP contribution in [0.5, 0.6) is 0 Å². The summed E-state index contributed by atoms with van der Waals surface area (Å²) in [7, 11) is 1.75. The van der Waals surface area contributed by atoms with Crippen LogP contribution in [0.4, 0.5) is 0 Å². The number of Topliss-reactive ketones (excluding diaryl/α,β-unsaturated/α-hetero) is 1. The SMILES string of the molecule is CNCC(=O)c1cc2cc(CC(C)C)ccc2o1. The van der Waals surface area contributed by atoms with Crippen molar-refractivity contribution in [3.63, 3.8) is 0 Å². The Kier molecular flexibility index (Phi) is 3.82. The maximum atomic E-state index is 11.7. The number of carbonyl (C=O) groups is 1. The average molecular weight is 245 g/mol. The normalized spacial score (nSPS) is 11.3. The first-order valence-corrected chi connectivity index (χ1v) is 6.30. The predicted octanol–water partition coefficient (Wildman–Crippen LogP) is 3.03. The lowest BCUT2D eigenvalue weighted by Gasteiger charge is -2.03. The van der Waals surface area contributed by atoms with Crippen LogP contribution >= 0.6 is 0 Å². The van der Waals surface area contributed by atoms with Crippen molar-refractivity contribution in [1.29, 1.82) is 0 Å². The lowest BCUT2D eigenvalue weighted by Crippen LogP contribution is -2.17. The Hall–Kier alpha value is -1.61. The van der Waals surface area contributed by atoms with Crippen molar-refractivity contribution >= 4 is 16.8 Å². The Balaban J connectivity index is 2.30. The van der Waals surface area contributed by atoms with Gasteiger partial charge in [0.15, 0.2) is 5.76 Å². The van der Waals surface area contributed by atoms with Crippen LogP contribution in [-0.4, -0.2) is 19.4 Å². The molecule has 2 rings (SSSR count). The number of carbonyl (C=O) groups excluding carboxylic acids is 1. The Morgan fingerprint density at radius 1 is 1.33 bits per heavy atom. The van der Waals surface area contributed by atoms with Gasteiger partial charge in [0.1, 0.15) is 5.58 Å². The number of rotatable bonds is 5. The van der Waals surface area contributed by atoms with E-state index < -0.39 is 0 Å². The Bertz CT molecular complexity index is 555. The van der Waals surface area contributed by atoms with Gasteiger partial charge in [0.05, 0.1) is 6.54 Å². The smallest absolute Gasteiger partial charge is 0.211 e. The summed E-state index contributed by atoms with van der Waals surface area (Å²) in [5.74, 6) is 1.04. The predicted molar refractivity (Wildman–Crippen MR) is 73.0 cm³/mol. The molecular weight excluding hydrogens is 226 g/mol. The molecule has 0 saturated heterocycles. The topological polar surface area (TPSA) is 42.2 Å². The largest absolute Gasteiger partial charge is 0.453 e. The van der Waals surface area contributed by atoms with Gasteiger partial charge >= 0.3 is 0 Å². The number of nitrogens with one attached hydrogen (secondary N) is 1. The van der Waals surface area contributed by atoms with E-state index in [-0.39, 0.29) is 5.78 Å². The lowest BCUT2D eigenvalue weighted by atomic mass is 10.0. The maximum Gasteiger partial charge on any atom is 0.211 e. The first kappa shape index (κ1) is 12.8. The molecule has 0 aliphatic rings. The monoisotopic (exact) mass is 245 g/mol. The number of fused-ring (bicyclic) bond motifs is 1. The second-order valence-corrected chi connectivity index (χ2v) is 5.03. The summed E-state index contributed by atoms with van der Waals surface area (Å²) in [5, 5.41) is 3.85. The second-order valence-electron chi connectivity index (χ2n) is 5.03. The highest BCUT2D eigenvalue weighted by molar-refractivity contribution is 5.98. The average Bonchev–Trinajstić information content (AvgIpc) is 2.71. The first-order valence-electron chi connectivity index (χ1n) is 6.30. The van der Waals surface area contributed by atoms with E-state index in [2.05, 4.69) is 31.3 Å². The van der Waals surface area contributed by atoms with E-state index >= 15 is 0 Å². The molecular formula is C15H19NO2. The minimum atomic E-state index is -0.0147. The fourth-order valence-corrected chi connectivity index (χ4v) is 2.08. The van der Waals surface area contributed by atoms with Crippen molar-refractivity contribution in [1.82, 2.24) is 5.32 Å². The van der Waals surface area contributed by atoms with Crippen molar-refractivity contribution in [2.24, 2.45) is 5.92 Å². The second kappa shape index (κ2) is 5.36. The number of benzene rings is 1. The Morgan fingerprint density at radius 2 is 2.11 bits per heavy atom. The third-order valence-electron chi connectivity index (χ3n) is 2.84. The summed E-state index contributed by atoms with van der Waals surface area (Å²) in [5.41, 5.74) is 2.06. The van der Waals surface area contributed by atoms with Crippen molar-refractivity contribution in [3.8, 4) is 0 Å². The molecule has 3 heteroatoms. The molecule has 1 aromatic heterocycles. The lowest BCUT2D eigenvalue weighted by molar-refractivity contribution is 0.0969. The molecule has 0 aliphatic carbocycles. The van der Waals surface area contributed by atoms with E-state index in [9.17, 15) is 4.79 Å². The molecule has 0 atom stereocenters. The van der Waals surface area contributed by atoms with Crippen LogP contribution in [0, 0.1) is 5.92 Å². The zero-order valence-corrected chi connectivity index (χ0v) is 11.1. The highest BCUT2D eigenvalue weighted by Gasteiger charge is 2.11. The van der Waals surface area contributed by atoms with Gasteiger partial charge in [0.2, 0.25) is 5.78 Å². The van der Waals surface area contributed by atoms with E-state index in [1.165, 1.54) is 5.56 Å². The fourth-order valence-electron chi connectivity index (χ4n) is 2.08. The van der Waals surface area contributed by atoms with E-state index in [0.717, 1.165) is 17.4 Å². The van der Waals surface area contributed by atoms with Gasteiger partial charge in [-0.1, -0.05) is 19.9 Å². The number of hydrogen-bond acceptors (Lipinski definition) is 3. The van der Waals surface area contributed by atoms with Gasteiger partial charge < -0.3 is 9.73 Å². The van der Waals surface area contributed by atoms with Crippen LogP contribution < -0.4 is 5.32 Å². The number of ketones is 1. The Morgan fingerprint density at radius 3 is 2.78 bits per heavy atom. The number of furan rings is 1. The van der Waals surface area contributed by atoms with Gasteiger partial charge in [-0.2, -0.15) is 0 Å². The molecule has 0 fully saturated rings. The van der Waals surface area contributed by atoms with Gasteiger partial charge in [0, 0.05) is 5.39 Å². The molecule has 0 amide bonds. The molecule has 0 bridgehead atoms. The standard InChI is InChI=1S/C15H19NO2/c1-10(2)6-11-4-5-14-12(7-11)8-15(18-14)13(17)9-16-3/h4-5,7-8,10,16H,6,9H2,1-3H3. The van der Waals surface area contributed by atoms with Gasteiger partial charge in [-0.15, -0.1) is 0 Å². The summed E-state index contributed by atoms with van der Waals surface area (Å²) in [6.07, 6.45) is 1.04. The quantitative estimate of drug-likeness (QED) is 0.823. The van der Waals surface area contributed by atoms with Crippen LogP contribution in [0.3, 0.4) is 0 Å². The van der Waals surface area contributed by atoms with Crippen molar-refractivity contribution in [2.45, 2.75) is 20.3 Å². The van der Waals surface area contributed by atoms with Crippen LogP contribution in [0.15, 0.2) is 28.7 Å². The van der Waals surface area contributed by atoms with E-state index in [4.69, 9.17) is 4.42 Å². The molecule has 0 unspecified atom stereocenters. The maximum absolute atomic E-state index is 11.7. The summed E-state index contributed by atoms with van der Waals surface area (Å²) < 4.78 is 5.55. The molecule has 1 aromatic carbocycles. The minimum Gasteiger partial charge on any atom is -0.453 e. The molecule has 0 spiro atoms. The van der Waals surface area contributed by atoms with Gasteiger partial charge in [0.25, 0.3) is 0 Å². The molecule has 0 radical (unpaired) electrons. The van der Waals surface area contributed by atoms with Gasteiger partial charge in [-0.05, 0) is 43.1 Å². The third-order valence-corrected chi connectivity index (χ3v) is 2.84. The molecule has 3 nitrogen and oxygen atoms in total. The molecule has 96 valence electrons. The summed E-state index contributed by atoms with van der Waals surface area (Å²) in [6, 6.07) is 7.95. The van der Waals surface area contributed by atoms with Crippen LogP contribution in [0.2, 0.25) is 0 Å². The van der Waals surface area contributed by atoms with Crippen molar-refractivity contribution in [3.05, 3.63) is 35.6 Å². The zero-order valence-electron chi connectivity index (χ0n) is 11.1. The highest BCUT2D eigenvalue weighted by Crippen LogP contribution is 2.22. The molecule has 0 aliphatic heterocycles. The number of likely N-dealkylation sites (N-methyl/N-ethyl adjacent to an activating group) is 1. The van der Waals surface area contributed by atoms with Gasteiger partial charge in [-0.3, -0.25) is 4.79 Å². The molecule has 0 saturated carbocycles. The fraction of sp³-hybridized carbons (Fsp3) is 0.400. The molecule has 1 N–H and O–H groups in total. The minimum absolute atomic E-state index is 0.0147. The number of hydrogen-bond donors (Lipinski definition) is 1. The Labute approximate surface area is 107 Å². The molecule has 18 heavy (non-hydrogen) atoms. The van der Waals surface area contributed by atoms with Crippen molar-refractivity contribution < 1.29 is 9.21 Å². The van der Waals surface area contributed by atoms with Gasteiger partial charge in [-0.25, -0.2) is 0 Å². The molecule has 2 aromatic rings. The van der Waals surface area contributed by atoms with Crippen LogP contribution in [-0.2, 0) is 6.42 Å². The van der Waals surface area contributed by atoms with Crippen LogP contribution in [0.1, 0.15) is 30.0 Å². The summed E-state index contributed by atoms with van der Waals surface area (Å²) >= 11 is 0.